The average Bonchev–Trinajstić information content (AvgIpc) is 2.06. The highest BCUT2D eigenvalue weighted by Gasteiger charge is 1.99. The SMILES string of the molecule is [O]c1cccc2nccnc12. The Kier molecular flexibility index (Phi) is 1.22. The van der Waals surface area contributed by atoms with Crippen molar-refractivity contribution in [2.75, 3.05) is 0 Å². The Balaban J connectivity index is 2.91. The van der Waals surface area contributed by atoms with E-state index in [-0.39, 0.29) is 5.75 Å². The van der Waals surface area contributed by atoms with Crippen molar-refractivity contribution in [3.05, 3.63) is 30.6 Å². The molecule has 0 N–H and O–H groups in total. The minimum Gasteiger partial charge on any atom is -0.287 e. The van der Waals surface area contributed by atoms with Crippen LogP contribution >= 0.6 is 0 Å². The molecule has 0 bridgehead atoms. The van der Waals surface area contributed by atoms with Crippen LogP contribution in [0.3, 0.4) is 0 Å². The van der Waals surface area contributed by atoms with E-state index in [0.29, 0.717) is 11.0 Å². The number of fused-ring (bicyclic) bond motifs is 1. The van der Waals surface area contributed by atoms with Crippen molar-refractivity contribution in [3.8, 4) is 5.75 Å². The van der Waals surface area contributed by atoms with E-state index in [0.717, 1.165) is 0 Å². The van der Waals surface area contributed by atoms with Crippen molar-refractivity contribution in [1.29, 1.82) is 0 Å². The normalized spacial score (nSPS) is 10.2. The summed E-state index contributed by atoms with van der Waals surface area (Å²) in [5.41, 5.74) is 1.09. The Morgan fingerprint density at radius 1 is 1.09 bits per heavy atom. The van der Waals surface area contributed by atoms with Gasteiger partial charge < -0.3 is 0 Å². The van der Waals surface area contributed by atoms with E-state index >= 15 is 0 Å². The summed E-state index contributed by atoms with van der Waals surface area (Å²) >= 11 is 0. The molecule has 3 nitrogen and oxygen atoms in total. The maximum absolute atomic E-state index is 11.1. The summed E-state index contributed by atoms with van der Waals surface area (Å²) in [5, 5.41) is 11.1. The lowest BCUT2D eigenvalue weighted by atomic mass is 10.3. The highest BCUT2D eigenvalue weighted by atomic mass is 16.3. The smallest absolute Gasteiger partial charge is 0.206 e. The molecule has 3 heteroatoms. The van der Waals surface area contributed by atoms with E-state index in [1.807, 2.05) is 0 Å². The van der Waals surface area contributed by atoms with Gasteiger partial charge in [-0.15, -0.1) is 0 Å². The summed E-state index contributed by atoms with van der Waals surface area (Å²) in [4.78, 5) is 7.89. The maximum atomic E-state index is 11.1. The molecular weight excluding hydrogens is 140 g/mol. The molecule has 1 radical (unpaired) electrons. The van der Waals surface area contributed by atoms with Crippen LogP contribution in [0, 0.1) is 0 Å². The Bertz CT molecular complexity index is 381. The number of hydrogen-bond acceptors (Lipinski definition) is 2. The van der Waals surface area contributed by atoms with Crippen LogP contribution in [0.4, 0.5) is 0 Å². The van der Waals surface area contributed by atoms with Gasteiger partial charge in [0.15, 0.2) is 0 Å². The second-order valence-electron chi connectivity index (χ2n) is 2.18. The van der Waals surface area contributed by atoms with Crippen LogP contribution in [0.25, 0.3) is 11.0 Å². The summed E-state index contributed by atoms with van der Waals surface area (Å²) in [7, 11) is 0. The third-order valence-corrected chi connectivity index (χ3v) is 1.46. The minimum absolute atomic E-state index is 0.0735. The van der Waals surface area contributed by atoms with Gasteiger partial charge in [-0.25, -0.2) is 4.98 Å². The molecule has 2 aromatic rings. The van der Waals surface area contributed by atoms with Gasteiger partial charge in [-0.1, -0.05) is 6.07 Å². The van der Waals surface area contributed by atoms with E-state index in [1.165, 1.54) is 12.3 Å². The molecule has 1 heterocycles. The van der Waals surface area contributed by atoms with Gasteiger partial charge in [-0.2, -0.15) is 0 Å². The molecule has 0 fully saturated rings. The van der Waals surface area contributed by atoms with Crippen LogP contribution < -0.4 is 0 Å². The van der Waals surface area contributed by atoms with Crippen molar-refractivity contribution < 1.29 is 5.11 Å². The third kappa shape index (κ3) is 0.902. The zero-order valence-electron chi connectivity index (χ0n) is 5.69. The highest BCUT2D eigenvalue weighted by Crippen LogP contribution is 2.19. The van der Waals surface area contributed by atoms with Gasteiger partial charge in [-0.05, 0) is 12.1 Å². The first-order valence-corrected chi connectivity index (χ1v) is 3.25. The Labute approximate surface area is 63.3 Å². The summed E-state index contributed by atoms with van der Waals surface area (Å²) in [6, 6.07) is 4.93. The number of hydrogen-bond donors (Lipinski definition) is 0. The average molecular weight is 145 g/mol. The third-order valence-electron chi connectivity index (χ3n) is 1.46. The molecule has 0 saturated carbocycles. The number of benzene rings is 1. The maximum Gasteiger partial charge on any atom is 0.206 e. The topological polar surface area (TPSA) is 45.7 Å². The number of aromatic nitrogens is 2. The van der Waals surface area contributed by atoms with E-state index in [4.69, 9.17) is 0 Å². The van der Waals surface area contributed by atoms with Crippen molar-refractivity contribution in [2.24, 2.45) is 0 Å². The molecule has 1 aromatic carbocycles. The van der Waals surface area contributed by atoms with Crippen molar-refractivity contribution in [3.63, 3.8) is 0 Å². The molecule has 2 rings (SSSR count). The molecule has 0 atom stereocenters. The van der Waals surface area contributed by atoms with E-state index in [1.54, 1.807) is 18.3 Å². The molecule has 0 aliphatic rings. The van der Waals surface area contributed by atoms with Crippen LogP contribution in [0.5, 0.6) is 5.75 Å². The van der Waals surface area contributed by atoms with Gasteiger partial charge in [0, 0.05) is 12.4 Å². The van der Waals surface area contributed by atoms with E-state index in [9.17, 15) is 5.11 Å². The van der Waals surface area contributed by atoms with Crippen molar-refractivity contribution in [1.82, 2.24) is 9.97 Å². The Morgan fingerprint density at radius 2 is 1.91 bits per heavy atom. The summed E-state index contributed by atoms with van der Waals surface area (Å²) in [5.74, 6) is -0.0735. The predicted molar refractivity (Wildman–Crippen MR) is 39.7 cm³/mol. The number of rotatable bonds is 0. The van der Waals surface area contributed by atoms with Crippen molar-refractivity contribution in [2.45, 2.75) is 0 Å². The molecule has 0 spiro atoms. The molecule has 11 heavy (non-hydrogen) atoms. The second kappa shape index (κ2) is 2.20. The monoisotopic (exact) mass is 145 g/mol. The molecule has 0 unspecified atom stereocenters. The molecule has 0 aliphatic heterocycles. The largest absolute Gasteiger partial charge is 0.287 e. The molecular formula is C8H5N2O. The number of nitrogens with zero attached hydrogens (tertiary/aromatic N) is 2. The Morgan fingerprint density at radius 3 is 2.73 bits per heavy atom. The molecule has 0 aliphatic carbocycles. The van der Waals surface area contributed by atoms with Crippen molar-refractivity contribution >= 4 is 11.0 Å². The lowest BCUT2D eigenvalue weighted by Gasteiger charge is -1.93. The van der Waals surface area contributed by atoms with Crippen LogP contribution in [0.15, 0.2) is 30.6 Å². The van der Waals surface area contributed by atoms with Crippen LogP contribution in [-0.2, 0) is 5.11 Å². The fourth-order valence-electron chi connectivity index (χ4n) is 0.966. The fourth-order valence-corrected chi connectivity index (χ4v) is 0.966. The highest BCUT2D eigenvalue weighted by molar-refractivity contribution is 5.79. The first-order chi connectivity index (χ1) is 5.38. The van der Waals surface area contributed by atoms with Crippen LogP contribution in [0.2, 0.25) is 0 Å². The summed E-state index contributed by atoms with van der Waals surface area (Å²) in [6.45, 7) is 0. The first kappa shape index (κ1) is 6.09. The minimum atomic E-state index is -0.0735. The summed E-state index contributed by atoms with van der Waals surface area (Å²) in [6.07, 6.45) is 3.09. The van der Waals surface area contributed by atoms with E-state index < -0.39 is 0 Å². The second-order valence-corrected chi connectivity index (χ2v) is 2.18. The number of para-hydroxylation sites is 1. The van der Waals surface area contributed by atoms with E-state index in [2.05, 4.69) is 9.97 Å². The Hall–Kier alpha value is -1.64. The standard InChI is InChI=1S/C8H5N2O/c11-7-3-1-2-6-8(7)10-5-4-9-6/h1-5H. The predicted octanol–water partition coefficient (Wildman–Crippen LogP) is 1.77. The van der Waals surface area contributed by atoms with Crippen LogP contribution in [-0.4, -0.2) is 9.97 Å². The molecule has 1 aromatic heterocycles. The lowest BCUT2D eigenvalue weighted by molar-refractivity contribution is 0.359. The van der Waals surface area contributed by atoms with Gasteiger partial charge >= 0.3 is 0 Å². The zero-order chi connectivity index (χ0) is 7.68. The lowest BCUT2D eigenvalue weighted by Crippen LogP contribution is -1.80. The molecule has 0 amide bonds. The van der Waals surface area contributed by atoms with Gasteiger partial charge in [0.25, 0.3) is 0 Å². The fraction of sp³-hybridized carbons (Fsp3) is 0. The van der Waals surface area contributed by atoms with Gasteiger partial charge in [0.05, 0.1) is 5.52 Å². The van der Waals surface area contributed by atoms with Gasteiger partial charge in [-0.3, -0.25) is 10.1 Å². The molecule has 53 valence electrons. The summed E-state index contributed by atoms with van der Waals surface area (Å²) < 4.78 is 0. The quantitative estimate of drug-likeness (QED) is 0.567. The van der Waals surface area contributed by atoms with Gasteiger partial charge in [0.1, 0.15) is 5.52 Å². The van der Waals surface area contributed by atoms with Crippen LogP contribution in [0.1, 0.15) is 0 Å². The molecule has 0 saturated heterocycles. The van der Waals surface area contributed by atoms with Gasteiger partial charge in [0.2, 0.25) is 5.75 Å². The first-order valence-electron chi connectivity index (χ1n) is 3.25. The zero-order valence-corrected chi connectivity index (χ0v) is 5.69.